The molecule has 0 aliphatic heterocycles. The summed E-state index contributed by atoms with van der Waals surface area (Å²) in [6, 6.07) is 8.30. The average Bonchev–Trinajstić information content (AvgIpc) is 2.45. The molecule has 5 nitrogen and oxygen atoms in total. The smallest absolute Gasteiger partial charge is 0.261 e. The number of nitrogens with zero attached hydrogens (tertiary/aromatic N) is 1. The van der Waals surface area contributed by atoms with Crippen molar-refractivity contribution >= 4 is 5.91 Å². The highest BCUT2D eigenvalue weighted by Crippen LogP contribution is 2.13. The fraction of sp³-hybridized carbons (Fsp3) is 0.429. The van der Waals surface area contributed by atoms with Crippen LogP contribution in [0.1, 0.15) is 25.8 Å². The van der Waals surface area contributed by atoms with Crippen molar-refractivity contribution in [3.8, 4) is 11.8 Å². The predicted octanol–water partition coefficient (Wildman–Crippen LogP) is 1.21. The van der Waals surface area contributed by atoms with Gasteiger partial charge >= 0.3 is 0 Å². The Morgan fingerprint density at radius 2 is 2.11 bits per heavy atom. The lowest BCUT2D eigenvalue weighted by atomic mass is 10.2. The second-order valence-corrected chi connectivity index (χ2v) is 4.19. The molecular formula is C14H18N2O3. The Hall–Kier alpha value is -2.06. The van der Waals surface area contributed by atoms with Crippen LogP contribution in [-0.4, -0.2) is 29.8 Å². The molecule has 19 heavy (non-hydrogen) atoms. The van der Waals surface area contributed by atoms with Gasteiger partial charge in [-0.1, -0.05) is 6.92 Å². The molecule has 102 valence electrons. The third kappa shape index (κ3) is 4.60. The van der Waals surface area contributed by atoms with Crippen LogP contribution in [-0.2, 0) is 4.79 Å². The van der Waals surface area contributed by atoms with Gasteiger partial charge in [0, 0.05) is 0 Å². The fourth-order valence-corrected chi connectivity index (χ4v) is 1.46. The summed E-state index contributed by atoms with van der Waals surface area (Å²) in [4.78, 5) is 11.8. The third-order valence-corrected chi connectivity index (χ3v) is 2.73. The number of hydrogen-bond donors (Lipinski definition) is 2. The monoisotopic (exact) mass is 262 g/mol. The van der Waals surface area contributed by atoms with Crippen molar-refractivity contribution in [1.29, 1.82) is 5.26 Å². The van der Waals surface area contributed by atoms with Gasteiger partial charge in [0.1, 0.15) is 5.75 Å². The quantitative estimate of drug-likeness (QED) is 0.807. The number of carbonyl (C=O) groups excluding carboxylic acids is 1. The zero-order valence-electron chi connectivity index (χ0n) is 11.1. The van der Waals surface area contributed by atoms with Crippen LogP contribution in [0.15, 0.2) is 24.3 Å². The van der Waals surface area contributed by atoms with Gasteiger partial charge in [-0.3, -0.25) is 4.79 Å². The summed E-state index contributed by atoms with van der Waals surface area (Å²) in [5, 5.41) is 20.4. The molecular weight excluding hydrogens is 244 g/mol. The molecule has 1 aromatic carbocycles. The number of carbonyl (C=O) groups is 1. The van der Waals surface area contributed by atoms with Crippen LogP contribution in [0.2, 0.25) is 0 Å². The number of amides is 1. The van der Waals surface area contributed by atoms with E-state index in [1.165, 1.54) is 0 Å². The number of benzene rings is 1. The summed E-state index contributed by atoms with van der Waals surface area (Å²) in [5.41, 5.74) is 0.538. The number of hydrogen-bond acceptors (Lipinski definition) is 4. The predicted molar refractivity (Wildman–Crippen MR) is 70.6 cm³/mol. The van der Waals surface area contributed by atoms with Gasteiger partial charge in [0.15, 0.2) is 6.10 Å². The van der Waals surface area contributed by atoms with Crippen LogP contribution < -0.4 is 10.1 Å². The Labute approximate surface area is 112 Å². The summed E-state index contributed by atoms with van der Waals surface area (Å²) >= 11 is 0. The van der Waals surface area contributed by atoms with E-state index in [1.807, 2.05) is 13.0 Å². The van der Waals surface area contributed by atoms with Gasteiger partial charge in [0.2, 0.25) is 0 Å². The van der Waals surface area contributed by atoms with Crippen LogP contribution in [0.4, 0.5) is 0 Å². The molecule has 0 heterocycles. The Kier molecular flexibility index (Phi) is 5.83. The van der Waals surface area contributed by atoms with Crippen LogP contribution in [0.5, 0.6) is 5.75 Å². The maximum absolute atomic E-state index is 11.8. The van der Waals surface area contributed by atoms with Crippen molar-refractivity contribution in [2.45, 2.75) is 32.4 Å². The van der Waals surface area contributed by atoms with E-state index in [0.29, 0.717) is 17.7 Å². The van der Waals surface area contributed by atoms with E-state index in [4.69, 9.17) is 15.1 Å². The molecule has 0 saturated heterocycles. The topological polar surface area (TPSA) is 82.3 Å². The molecule has 1 aromatic rings. The zero-order chi connectivity index (χ0) is 14.3. The zero-order valence-corrected chi connectivity index (χ0v) is 11.1. The standard InChI is InChI=1S/C14H18N2O3/c1-3-12(9-17)16-14(18)10(2)19-13-6-4-11(8-15)5-7-13/h4-7,10,12,17H,3,9H2,1-2H3,(H,16,18). The summed E-state index contributed by atoms with van der Waals surface area (Å²) in [6.07, 6.45) is -0.000205. The van der Waals surface area contributed by atoms with E-state index in [1.54, 1.807) is 31.2 Å². The minimum absolute atomic E-state index is 0.0914. The summed E-state index contributed by atoms with van der Waals surface area (Å²) in [6.45, 7) is 3.43. The van der Waals surface area contributed by atoms with Gasteiger partial charge in [-0.05, 0) is 37.6 Å². The molecule has 0 radical (unpaired) electrons. The molecule has 0 saturated carbocycles. The molecule has 0 aliphatic carbocycles. The van der Waals surface area contributed by atoms with E-state index >= 15 is 0 Å². The molecule has 2 N–H and O–H groups in total. The molecule has 5 heteroatoms. The molecule has 0 spiro atoms. The number of nitrogens with one attached hydrogen (secondary N) is 1. The fourth-order valence-electron chi connectivity index (χ4n) is 1.46. The van der Waals surface area contributed by atoms with Crippen molar-refractivity contribution in [1.82, 2.24) is 5.32 Å². The van der Waals surface area contributed by atoms with Crippen LogP contribution in [0, 0.1) is 11.3 Å². The van der Waals surface area contributed by atoms with Crippen molar-refractivity contribution in [3.05, 3.63) is 29.8 Å². The number of nitriles is 1. The Morgan fingerprint density at radius 1 is 1.47 bits per heavy atom. The van der Waals surface area contributed by atoms with Crippen molar-refractivity contribution in [2.24, 2.45) is 0 Å². The number of rotatable bonds is 6. The first-order valence-electron chi connectivity index (χ1n) is 6.18. The highest BCUT2D eigenvalue weighted by molar-refractivity contribution is 5.81. The minimum atomic E-state index is -0.659. The first kappa shape index (κ1) is 15.0. The second kappa shape index (κ2) is 7.39. The van der Waals surface area contributed by atoms with Gasteiger partial charge in [0.05, 0.1) is 24.3 Å². The molecule has 0 aliphatic rings. The molecule has 2 atom stereocenters. The molecule has 0 fully saturated rings. The van der Waals surface area contributed by atoms with Gasteiger partial charge in [-0.15, -0.1) is 0 Å². The van der Waals surface area contributed by atoms with E-state index in [2.05, 4.69) is 5.32 Å². The van der Waals surface area contributed by atoms with Crippen LogP contribution in [0.25, 0.3) is 0 Å². The first-order valence-corrected chi connectivity index (χ1v) is 6.18. The first-order chi connectivity index (χ1) is 9.10. The van der Waals surface area contributed by atoms with Crippen LogP contribution in [0.3, 0.4) is 0 Å². The number of ether oxygens (including phenoxy) is 1. The SMILES string of the molecule is CCC(CO)NC(=O)C(C)Oc1ccc(C#N)cc1. The summed E-state index contributed by atoms with van der Waals surface area (Å²) < 4.78 is 5.46. The lowest BCUT2D eigenvalue weighted by Crippen LogP contribution is -2.43. The van der Waals surface area contributed by atoms with Gasteiger partial charge in [-0.2, -0.15) is 5.26 Å². The third-order valence-electron chi connectivity index (χ3n) is 2.73. The normalized spacial score (nSPS) is 13.2. The van der Waals surface area contributed by atoms with E-state index in [-0.39, 0.29) is 18.6 Å². The second-order valence-electron chi connectivity index (χ2n) is 4.19. The molecule has 1 rings (SSSR count). The maximum Gasteiger partial charge on any atom is 0.261 e. The summed E-state index contributed by atoms with van der Waals surface area (Å²) in [5.74, 6) is 0.254. The van der Waals surface area contributed by atoms with E-state index in [0.717, 1.165) is 0 Å². The Morgan fingerprint density at radius 3 is 2.58 bits per heavy atom. The molecule has 0 bridgehead atoms. The largest absolute Gasteiger partial charge is 0.481 e. The summed E-state index contributed by atoms with van der Waals surface area (Å²) in [7, 11) is 0. The number of aliphatic hydroxyl groups is 1. The molecule has 2 unspecified atom stereocenters. The average molecular weight is 262 g/mol. The minimum Gasteiger partial charge on any atom is -0.481 e. The van der Waals surface area contributed by atoms with E-state index in [9.17, 15) is 4.79 Å². The van der Waals surface area contributed by atoms with Crippen LogP contribution >= 0.6 is 0 Å². The van der Waals surface area contributed by atoms with Gasteiger partial charge in [0.25, 0.3) is 5.91 Å². The Balaban J connectivity index is 2.56. The lowest BCUT2D eigenvalue weighted by molar-refractivity contribution is -0.128. The van der Waals surface area contributed by atoms with Crippen molar-refractivity contribution < 1.29 is 14.6 Å². The van der Waals surface area contributed by atoms with Gasteiger partial charge in [-0.25, -0.2) is 0 Å². The number of aliphatic hydroxyl groups excluding tert-OH is 1. The highest BCUT2D eigenvalue weighted by atomic mass is 16.5. The molecule has 0 aromatic heterocycles. The van der Waals surface area contributed by atoms with E-state index < -0.39 is 6.10 Å². The Bertz CT molecular complexity index is 447. The van der Waals surface area contributed by atoms with Gasteiger partial charge < -0.3 is 15.2 Å². The molecule has 1 amide bonds. The highest BCUT2D eigenvalue weighted by Gasteiger charge is 2.17. The van der Waals surface area contributed by atoms with Crippen molar-refractivity contribution in [3.63, 3.8) is 0 Å². The lowest BCUT2D eigenvalue weighted by Gasteiger charge is -2.19. The maximum atomic E-state index is 11.8. The van der Waals surface area contributed by atoms with Crippen molar-refractivity contribution in [2.75, 3.05) is 6.61 Å².